The number of aromatic nitrogens is 2. The average Bonchev–Trinajstić information content (AvgIpc) is 3.61. The van der Waals surface area contributed by atoms with Gasteiger partial charge in [0.1, 0.15) is 0 Å². The summed E-state index contributed by atoms with van der Waals surface area (Å²) < 4.78 is 4.63. The standard InChI is InChI=1S/C36H28N4S/c1-2-3-18-36(38,24-10-9-19-39-23-24)35-27(15-16-32-28(35)17-20-40(32)25-11-5-4-6-12-25)29-22-34-30(21-31(29)37)26-13-7-8-14-33(26)41-34/h2-23H,1,37-38H2/b18-3-. The van der Waals surface area contributed by atoms with Gasteiger partial charge in [-0.05, 0) is 65.2 Å². The molecule has 1 unspecified atom stereocenters. The van der Waals surface area contributed by atoms with E-state index in [1.54, 1.807) is 23.6 Å². The fraction of sp³-hybridized carbons (Fsp3) is 0.0278. The Kier molecular flexibility index (Phi) is 6.04. The van der Waals surface area contributed by atoms with Crippen molar-refractivity contribution < 1.29 is 0 Å². The molecule has 4 aromatic carbocycles. The number of fused-ring (bicyclic) bond motifs is 4. The number of anilines is 1. The first-order valence-electron chi connectivity index (χ1n) is 13.5. The van der Waals surface area contributed by atoms with Crippen LogP contribution >= 0.6 is 11.3 Å². The highest BCUT2D eigenvalue weighted by molar-refractivity contribution is 7.25. The third-order valence-corrected chi connectivity index (χ3v) is 8.93. The molecule has 0 spiro atoms. The number of hydrogen-bond acceptors (Lipinski definition) is 4. The molecule has 7 aromatic rings. The maximum absolute atomic E-state index is 7.48. The Balaban J connectivity index is 1.57. The number of pyridine rings is 1. The van der Waals surface area contributed by atoms with Crippen molar-refractivity contribution in [3.63, 3.8) is 0 Å². The van der Waals surface area contributed by atoms with E-state index in [9.17, 15) is 0 Å². The van der Waals surface area contributed by atoms with E-state index >= 15 is 0 Å². The van der Waals surface area contributed by atoms with Crippen LogP contribution in [-0.4, -0.2) is 9.55 Å². The average molecular weight is 549 g/mol. The number of nitrogens with zero attached hydrogens (tertiary/aromatic N) is 2. The number of para-hydroxylation sites is 1. The van der Waals surface area contributed by atoms with Crippen molar-refractivity contribution in [1.29, 1.82) is 0 Å². The molecule has 0 bridgehead atoms. The quantitative estimate of drug-likeness (QED) is 0.161. The Labute approximate surface area is 242 Å². The molecule has 41 heavy (non-hydrogen) atoms. The molecule has 7 rings (SSSR count). The van der Waals surface area contributed by atoms with E-state index in [1.165, 1.54) is 20.2 Å². The van der Waals surface area contributed by atoms with E-state index < -0.39 is 5.54 Å². The first-order valence-corrected chi connectivity index (χ1v) is 14.3. The van der Waals surface area contributed by atoms with Gasteiger partial charge in [0.25, 0.3) is 0 Å². The molecule has 0 aliphatic rings. The summed E-state index contributed by atoms with van der Waals surface area (Å²) >= 11 is 1.78. The molecular formula is C36H28N4S. The summed E-state index contributed by atoms with van der Waals surface area (Å²) in [6.07, 6.45) is 11.4. The van der Waals surface area contributed by atoms with Crippen LogP contribution in [0.25, 0.3) is 47.9 Å². The lowest BCUT2D eigenvalue weighted by Gasteiger charge is -2.31. The zero-order valence-corrected chi connectivity index (χ0v) is 23.2. The summed E-state index contributed by atoms with van der Waals surface area (Å²) in [5, 5.41) is 3.43. The van der Waals surface area contributed by atoms with Crippen molar-refractivity contribution in [2.24, 2.45) is 5.73 Å². The summed E-state index contributed by atoms with van der Waals surface area (Å²) in [4.78, 5) is 4.43. The third-order valence-electron chi connectivity index (χ3n) is 7.79. The summed E-state index contributed by atoms with van der Waals surface area (Å²) in [6.45, 7) is 3.93. The largest absolute Gasteiger partial charge is 0.398 e. The number of allylic oxidation sites excluding steroid dienone is 2. The lowest BCUT2D eigenvalue weighted by atomic mass is 9.78. The van der Waals surface area contributed by atoms with Crippen LogP contribution in [0.5, 0.6) is 0 Å². The molecule has 3 aromatic heterocycles. The number of nitrogens with two attached hydrogens (primary N) is 2. The molecule has 0 fully saturated rings. The Hall–Kier alpha value is -4.97. The minimum Gasteiger partial charge on any atom is -0.398 e. The predicted octanol–water partition coefficient (Wildman–Crippen LogP) is 8.59. The van der Waals surface area contributed by atoms with E-state index in [0.717, 1.165) is 38.8 Å². The van der Waals surface area contributed by atoms with Gasteiger partial charge in [0.15, 0.2) is 0 Å². The van der Waals surface area contributed by atoms with Gasteiger partial charge in [0, 0.05) is 61.1 Å². The Morgan fingerprint density at radius 3 is 2.44 bits per heavy atom. The number of rotatable bonds is 6. The fourth-order valence-corrected chi connectivity index (χ4v) is 7.00. The monoisotopic (exact) mass is 548 g/mol. The predicted molar refractivity (Wildman–Crippen MR) is 175 cm³/mol. The highest BCUT2D eigenvalue weighted by atomic mass is 32.1. The van der Waals surface area contributed by atoms with E-state index in [4.69, 9.17) is 11.5 Å². The molecule has 5 heteroatoms. The van der Waals surface area contributed by atoms with Gasteiger partial charge in [0.2, 0.25) is 0 Å². The highest BCUT2D eigenvalue weighted by Crippen LogP contribution is 2.45. The SMILES string of the molecule is C=C/C=C\C(N)(c1cccnc1)c1c(-c2cc3sc4ccccc4c3cc2N)ccc2c1ccn2-c1ccccc1. The lowest BCUT2D eigenvalue weighted by Crippen LogP contribution is -2.36. The number of hydrogen-bond donors (Lipinski definition) is 2. The van der Waals surface area contributed by atoms with Crippen LogP contribution in [0.15, 0.2) is 140 Å². The first kappa shape index (κ1) is 25.0. The molecule has 0 saturated carbocycles. The minimum atomic E-state index is -1.01. The lowest BCUT2D eigenvalue weighted by molar-refractivity contribution is 0.686. The van der Waals surface area contributed by atoms with E-state index in [1.807, 2.05) is 48.7 Å². The maximum Gasteiger partial charge on any atom is 0.0883 e. The van der Waals surface area contributed by atoms with E-state index in [2.05, 4.69) is 89.1 Å². The molecule has 1 atom stereocenters. The summed E-state index contributed by atoms with van der Waals surface area (Å²) in [5.41, 5.74) is 20.0. The van der Waals surface area contributed by atoms with E-state index in [-0.39, 0.29) is 0 Å². The summed E-state index contributed by atoms with van der Waals surface area (Å²) in [7, 11) is 0. The summed E-state index contributed by atoms with van der Waals surface area (Å²) in [6, 6.07) is 33.5. The zero-order valence-electron chi connectivity index (χ0n) is 22.4. The number of nitrogen functional groups attached to an aromatic ring is 1. The van der Waals surface area contributed by atoms with Crippen molar-refractivity contribution in [1.82, 2.24) is 9.55 Å². The molecule has 0 radical (unpaired) electrons. The summed E-state index contributed by atoms with van der Waals surface area (Å²) in [5.74, 6) is 0. The van der Waals surface area contributed by atoms with Crippen molar-refractivity contribution in [3.8, 4) is 16.8 Å². The van der Waals surface area contributed by atoms with Crippen LogP contribution < -0.4 is 11.5 Å². The second-order valence-corrected chi connectivity index (χ2v) is 11.3. The number of benzene rings is 4. The van der Waals surface area contributed by atoms with Crippen LogP contribution in [-0.2, 0) is 5.54 Å². The molecule has 0 saturated heterocycles. The third kappa shape index (κ3) is 4.06. The second-order valence-electron chi connectivity index (χ2n) is 10.2. The molecular weight excluding hydrogens is 520 g/mol. The van der Waals surface area contributed by atoms with Gasteiger partial charge in [0.05, 0.1) is 11.1 Å². The Bertz CT molecular complexity index is 2090. The van der Waals surface area contributed by atoms with E-state index in [0.29, 0.717) is 5.69 Å². The van der Waals surface area contributed by atoms with Crippen molar-refractivity contribution >= 4 is 48.1 Å². The van der Waals surface area contributed by atoms with Gasteiger partial charge in [-0.3, -0.25) is 4.98 Å². The smallest absolute Gasteiger partial charge is 0.0883 e. The number of thiophene rings is 1. The van der Waals surface area contributed by atoms with Crippen LogP contribution in [0.1, 0.15) is 11.1 Å². The second kappa shape index (κ2) is 9.89. The molecule has 0 amide bonds. The van der Waals surface area contributed by atoms with Gasteiger partial charge in [-0.15, -0.1) is 11.3 Å². The maximum atomic E-state index is 7.48. The molecule has 198 valence electrons. The van der Waals surface area contributed by atoms with Crippen molar-refractivity contribution in [3.05, 3.63) is 152 Å². The molecule has 3 heterocycles. The topological polar surface area (TPSA) is 69.9 Å². The normalized spacial score (nSPS) is 13.3. The van der Waals surface area contributed by atoms with Gasteiger partial charge in [-0.2, -0.15) is 0 Å². The zero-order chi connectivity index (χ0) is 28.0. The fourth-order valence-electron chi connectivity index (χ4n) is 5.87. The van der Waals surface area contributed by atoms with Gasteiger partial charge < -0.3 is 16.0 Å². The van der Waals surface area contributed by atoms with Gasteiger partial charge in [-0.1, -0.05) is 73.3 Å². The van der Waals surface area contributed by atoms with Gasteiger partial charge in [-0.25, -0.2) is 0 Å². The van der Waals surface area contributed by atoms with Crippen LogP contribution in [0, 0.1) is 0 Å². The first-order chi connectivity index (χ1) is 20.1. The Morgan fingerprint density at radius 2 is 1.63 bits per heavy atom. The van der Waals surface area contributed by atoms with Crippen molar-refractivity contribution in [2.75, 3.05) is 5.73 Å². The van der Waals surface area contributed by atoms with Crippen LogP contribution in [0.2, 0.25) is 0 Å². The molecule has 4 N–H and O–H groups in total. The minimum absolute atomic E-state index is 0.713. The molecule has 0 aliphatic carbocycles. The molecule has 0 aliphatic heterocycles. The highest BCUT2D eigenvalue weighted by Gasteiger charge is 2.33. The van der Waals surface area contributed by atoms with Crippen LogP contribution in [0.3, 0.4) is 0 Å². The van der Waals surface area contributed by atoms with Gasteiger partial charge >= 0.3 is 0 Å². The van der Waals surface area contributed by atoms with Crippen LogP contribution in [0.4, 0.5) is 5.69 Å². The molecule has 4 nitrogen and oxygen atoms in total. The van der Waals surface area contributed by atoms with Crippen molar-refractivity contribution in [2.45, 2.75) is 5.54 Å². The Morgan fingerprint density at radius 1 is 0.805 bits per heavy atom.